The van der Waals surface area contributed by atoms with Crippen LogP contribution in [-0.4, -0.2) is 51.6 Å². The molecule has 44 heavy (non-hydrogen) atoms. The van der Waals surface area contributed by atoms with E-state index in [0.717, 1.165) is 40.9 Å². The molecule has 1 aliphatic heterocycles. The van der Waals surface area contributed by atoms with E-state index in [1.54, 1.807) is 62.9 Å². The number of halogens is 1. The van der Waals surface area contributed by atoms with Gasteiger partial charge in [0.25, 0.3) is 5.56 Å². The molecule has 0 bridgehead atoms. The highest BCUT2D eigenvalue weighted by Crippen LogP contribution is 2.55. The number of pyridine rings is 2. The Morgan fingerprint density at radius 3 is 2.23 bits per heavy atom. The summed E-state index contributed by atoms with van der Waals surface area (Å²) in [5.41, 5.74) is 2.37. The first-order valence-electron chi connectivity index (χ1n) is 14.6. The molecule has 1 aromatic carbocycles. The summed E-state index contributed by atoms with van der Waals surface area (Å²) in [5.74, 6) is 0. The van der Waals surface area contributed by atoms with Gasteiger partial charge >= 0.3 is 7.82 Å². The lowest BCUT2D eigenvalue weighted by atomic mass is 10.1. The second-order valence-electron chi connectivity index (χ2n) is 12.8. The summed E-state index contributed by atoms with van der Waals surface area (Å²) in [6.45, 7) is 13.8. The van der Waals surface area contributed by atoms with Crippen LogP contribution in [-0.2, 0) is 36.1 Å². The molecule has 0 saturated carbocycles. The molecular formula is C32H40ClN4O6P. The molecule has 4 heterocycles. The maximum Gasteiger partial charge on any atom is 0.477 e. The van der Waals surface area contributed by atoms with E-state index < -0.39 is 19.0 Å². The van der Waals surface area contributed by atoms with Crippen molar-refractivity contribution in [3.8, 4) is 11.1 Å². The molecule has 1 saturated heterocycles. The Labute approximate surface area is 263 Å². The molecule has 10 nitrogen and oxygen atoms in total. The lowest BCUT2D eigenvalue weighted by molar-refractivity contribution is -0.00567. The molecule has 12 heteroatoms. The normalized spacial score (nSPS) is 14.8. The molecule has 3 aromatic heterocycles. The van der Waals surface area contributed by atoms with E-state index in [0.29, 0.717) is 30.4 Å². The third-order valence-corrected chi connectivity index (χ3v) is 9.00. The average Bonchev–Trinajstić information content (AvgIpc) is 3.30. The van der Waals surface area contributed by atoms with E-state index >= 15 is 0 Å². The smallest absolute Gasteiger partial charge is 0.378 e. The number of anilines is 1. The second kappa shape index (κ2) is 12.8. The van der Waals surface area contributed by atoms with Gasteiger partial charge in [0.05, 0.1) is 42.8 Å². The van der Waals surface area contributed by atoms with Gasteiger partial charge in [-0.15, -0.1) is 0 Å². The molecule has 1 aliphatic rings. The zero-order chi connectivity index (χ0) is 31.7. The quantitative estimate of drug-likeness (QED) is 0.178. The Morgan fingerprint density at radius 1 is 0.955 bits per heavy atom. The number of fused-ring (bicyclic) bond motifs is 1. The van der Waals surface area contributed by atoms with Gasteiger partial charge in [-0.3, -0.25) is 18.4 Å². The first kappa shape index (κ1) is 32.4. The SMILES string of the molecule is CC(C)(C)OP(=O)(OCn1cc(-c2ccn(Cc3ccc(Cl)cc3)c(=O)c2)c2cc(N3CCOCC3)cnc21)OC(C)(C)C. The van der Waals surface area contributed by atoms with Crippen LogP contribution in [0.3, 0.4) is 0 Å². The standard InChI is InChI=1S/C32H40ClN4O6P/c1-31(2,3)42-44(39,43-32(4,5)6)41-22-37-21-28(27-18-26(19-34-30(27)37)35-13-15-40-16-14-35)24-11-12-36(29(38)17-24)20-23-7-9-25(33)10-8-23/h7-12,17-19,21H,13-16,20,22H2,1-6H3. The Kier molecular flexibility index (Phi) is 9.42. The molecule has 0 aliphatic carbocycles. The van der Waals surface area contributed by atoms with Crippen LogP contribution >= 0.6 is 19.4 Å². The van der Waals surface area contributed by atoms with Gasteiger partial charge in [-0.25, -0.2) is 9.55 Å². The molecule has 0 unspecified atom stereocenters. The van der Waals surface area contributed by atoms with Crippen LogP contribution in [0, 0.1) is 0 Å². The third kappa shape index (κ3) is 8.18. The summed E-state index contributed by atoms with van der Waals surface area (Å²) in [7, 11) is -3.98. The number of nitrogens with zero attached hydrogens (tertiary/aromatic N) is 4. The Balaban J connectivity index is 1.52. The molecule has 0 N–H and O–H groups in total. The summed E-state index contributed by atoms with van der Waals surface area (Å²) in [6.07, 6.45) is 5.46. The number of phosphoric ester groups is 1. The topological polar surface area (TPSA) is 97.1 Å². The first-order chi connectivity index (χ1) is 20.7. The molecule has 0 spiro atoms. The van der Waals surface area contributed by atoms with E-state index in [2.05, 4.69) is 11.0 Å². The van der Waals surface area contributed by atoms with E-state index in [1.165, 1.54) is 0 Å². The van der Waals surface area contributed by atoms with Crippen molar-refractivity contribution >= 4 is 36.1 Å². The number of hydrogen-bond acceptors (Lipinski definition) is 8. The van der Waals surface area contributed by atoms with Gasteiger partial charge < -0.3 is 18.8 Å². The number of benzene rings is 1. The average molecular weight is 643 g/mol. The molecule has 0 amide bonds. The Bertz CT molecular complexity index is 1700. The number of rotatable bonds is 9. The van der Waals surface area contributed by atoms with Gasteiger partial charge in [0, 0.05) is 47.5 Å². The lowest BCUT2D eigenvalue weighted by Gasteiger charge is -2.31. The van der Waals surface area contributed by atoms with Crippen LogP contribution < -0.4 is 10.5 Å². The Hall–Kier alpha value is -2.98. The predicted octanol–water partition coefficient (Wildman–Crippen LogP) is 7.12. The summed E-state index contributed by atoms with van der Waals surface area (Å²) in [5, 5.41) is 1.48. The molecule has 1 fully saturated rings. The van der Waals surface area contributed by atoms with Gasteiger partial charge in [-0.1, -0.05) is 23.7 Å². The fraction of sp³-hybridized carbons (Fsp3) is 0.438. The summed E-state index contributed by atoms with van der Waals surface area (Å²) in [4.78, 5) is 20.3. The van der Waals surface area contributed by atoms with Gasteiger partial charge in [0.15, 0.2) is 0 Å². The van der Waals surface area contributed by atoms with Crippen LogP contribution in [0.4, 0.5) is 5.69 Å². The molecule has 0 atom stereocenters. The number of phosphoric acid groups is 1. The van der Waals surface area contributed by atoms with Crippen molar-refractivity contribution in [3.63, 3.8) is 0 Å². The fourth-order valence-electron chi connectivity index (χ4n) is 4.95. The number of ether oxygens (including phenoxy) is 1. The molecular weight excluding hydrogens is 603 g/mol. The monoisotopic (exact) mass is 642 g/mol. The van der Waals surface area contributed by atoms with E-state index in [-0.39, 0.29) is 12.3 Å². The summed E-state index contributed by atoms with van der Waals surface area (Å²) >= 11 is 6.03. The summed E-state index contributed by atoms with van der Waals surface area (Å²) < 4.78 is 40.3. The predicted molar refractivity (Wildman–Crippen MR) is 173 cm³/mol. The van der Waals surface area contributed by atoms with Crippen molar-refractivity contribution in [3.05, 3.63) is 82.0 Å². The molecule has 4 aromatic rings. The van der Waals surface area contributed by atoms with Gasteiger partial charge in [-0.2, -0.15) is 0 Å². The fourth-order valence-corrected chi connectivity index (χ4v) is 6.83. The molecule has 5 rings (SSSR count). The minimum absolute atomic E-state index is 0.141. The van der Waals surface area contributed by atoms with Crippen LogP contribution in [0.2, 0.25) is 5.02 Å². The minimum atomic E-state index is -3.98. The van der Waals surface area contributed by atoms with E-state index in [9.17, 15) is 9.36 Å². The highest BCUT2D eigenvalue weighted by molar-refractivity contribution is 7.48. The van der Waals surface area contributed by atoms with E-state index in [1.807, 2.05) is 42.7 Å². The number of hydrogen-bond donors (Lipinski definition) is 0. The molecule has 236 valence electrons. The second-order valence-corrected chi connectivity index (χ2v) is 14.8. The van der Waals surface area contributed by atoms with Crippen molar-refractivity contribution in [1.82, 2.24) is 14.1 Å². The van der Waals surface area contributed by atoms with Crippen LogP contribution in [0.25, 0.3) is 22.2 Å². The van der Waals surface area contributed by atoms with Crippen molar-refractivity contribution in [2.24, 2.45) is 0 Å². The van der Waals surface area contributed by atoms with Crippen LogP contribution in [0.1, 0.15) is 47.1 Å². The first-order valence-corrected chi connectivity index (χ1v) is 16.4. The van der Waals surface area contributed by atoms with Crippen LogP contribution in [0.5, 0.6) is 0 Å². The third-order valence-electron chi connectivity index (χ3n) is 6.78. The maximum absolute atomic E-state index is 13.8. The largest absolute Gasteiger partial charge is 0.477 e. The Morgan fingerprint density at radius 2 is 1.61 bits per heavy atom. The zero-order valence-electron chi connectivity index (χ0n) is 26.1. The van der Waals surface area contributed by atoms with Gasteiger partial charge in [0.1, 0.15) is 12.4 Å². The van der Waals surface area contributed by atoms with E-state index in [4.69, 9.17) is 34.9 Å². The lowest BCUT2D eigenvalue weighted by Crippen LogP contribution is -2.36. The van der Waals surface area contributed by atoms with Crippen molar-refractivity contribution < 1.29 is 22.9 Å². The minimum Gasteiger partial charge on any atom is -0.378 e. The van der Waals surface area contributed by atoms with Crippen molar-refractivity contribution in [2.45, 2.75) is 66.0 Å². The molecule has 0 radical (unpaired) electrons. The zero-order valence-corrected chi connectivity index (χ0v) is 27.7. The highest BCUT2D eigenvalue weighted by Gasteiger charge is 2.37. The summed E-state index contributed by atoms with van der Waals surface area (Å²) in [6, 6.07) is 13.0. The van der Waals surface area contributed by atoms with Crippen molar-refractivity contribution in [2.75, 3.05) is 31.2 Å². The van der Waals surface area contributed by atoms with Gasteiger partial charge in [0.2, 0.25) is 0 Å². The van der Waals surface area contributed by atoms with Crippen molar-refractivity contribution in [1.29, 1.82) is 0 Å². The number of aromatic nitrogens is 3. The maximum atomic E-state index is 13.8. The number of morpholine rings is 1. The van der Waals surface area contributed by atoms with Gasteiger partial charge in [-0.05, 0) is 76.9 Å². The van der Waals surface area contributed by atoms with Crippen LogP contribution in [0.15, 0.2) is 65.8 Å². The highest BCUT2D eigenvalue weighted by atomic mass is 35.5.